The summed E-state index contributed by atoms with van der Waals surface area (Å²) in [6, 6.07) is 23.3. The van der Waals surface area contributed by atoms with Crippen LogP contribution in [0.3, 0.4) is 0 Å². The molecule has 0 fully saturated rings. The summed E-state index contributed by atoms with van der Waals surface area (Å²) in [6.45, 7) is 2.23. The van der Waals surface area contributed by atoms with Crippen molar-refractivity contribution in [1.29, 1.82) is 0 Å². The number of aromatic nitrogens is 3. The number of ether oxygens (including phenoxy) is 2. The van der Waals surface area contributed by atoms with E-state index < -0.39 is 11.1 Å². The van der Waals surface area contributed by atoms with Crippen molar-refractivity contribution in [2.24, 2.45) is 0 Å². The number of nitrogens with one attached hydrogen (secondary N) is 1. The SMILES string of the molecule is COc1ccc(CNC(=O)C(C)Sc2nnc(COc3ccccc3F)n2-c2ccccc2)cc1. The minimum absolute atomic E-state index is 0.0153. The van der Waals surface area contributed by atoms with E-state index >= 15 is 0 Å². The van der Waals surface area contributed by atoms with E-state index in [9.17, 15) is 9.18 Å². The highest BCUT2D eigenvalue weighted by molar-refractivity contribution is 8.00. The van der Waals surface area contributed by atoms with Gasteiger partial charge in [-0.1, -0.05) is 54.2 Å². The predicted octanol–water partition coefficient (Wildman–Crippen LogP) is 4.79. The number of para-hydroxylation sites is 2. The van der Waals surface area contributed by atoms with Crippen molar-refractivity contribution in [1.82, 2.24) is 20.1 Å². The Morgan fingerprint density at radius 1 is 1.03 bits per heavy atom. The van der Waals surface area contributed by atoms with Gasteiger partial charge in [-0.05, 0) is 48.9 Å². The summed E-state index contributed by atoms with van der Waals surface area (Å²) in [7, 11) is 1.61. The van der Waals surface area contributed by atoms with Crippen LogP contribution in [0, 0.1) is 5.82 Å². The predicted molar refractivity (Wildman–Crippen MR) is 132 cm³/mol. The molecule has 0 spiro atoms. The second kappa shape index (κ2) is 11.5. The summed E-state index contributed by atoms with van der Waals surface area (Å²) >= 11 is 1.29. The van der Waals surface area contributed by atoms with Crippen molar-refractivity contribution in [2.75, 3.05) is 7.11 Å². The second-order valence-corrected chi connectivity index (χ2v) is 8.92. The maximum atomic E-state index is 14.0. The summed E-state index contributed by atoms with van der Waals surface area (Å²) in [5, 5.41) is 11.6. The molecule has 9 heteroatoms. The molecule has 0 aliphatic rings. The molecule has 35 heavy (non-hydrogen) atoms. The molecule has 1 atom stereocenters. The topological polar surface area (TPSA) is 78.3 Å². The van der Waals surface area contributed by atoms with Crippen molar-refractivity contribution in [3.63, 3.8) is 0 Å². The highest BCUT2D eigenvalue weighted by Gasteiger charge is 2.21. The van der Waals surface area contributed by atoms with Crippen molar-refractivity contribution in [3.05, 3.63) is 96.1 Å². The van der Waals surface area contributed by atoms with Gasteiger partial charge in [-0.3, -0.25) is 9.36 Å². The first-order valence-electron chi connectivity index (χ1n) is 11.0. The van der Waals surface area contributed by atoms with Crippen LogP contribution < -0.4 is 14.8 Å². The first kappa shape index (κ1) is 24.3. The molecular formula is C26H25FN4O3S. The average molecular weight is 493 g/mol. The summed E-state index contributed by atoms with van der Waals surface area (Å²) in [6.07, 6.45) is 0. The Hall–Kier alpha value is -3.85. The summed E-state index contributed by atoms with van der Waals surface area (Å²) in [5.74, 6) is 0.815. The second-order valence-electron chi connectivity index (χ2n) is 7.61. The van der Waals surface area contributed by atoms with E-state index in [2.05, 4.69) is 15.5 Å². The molecule has 0 radical (unpaired) electrons. The zero-order valence-corrected chi connectivity index (χ0v) is 20.2. The van der Waals surface area contributed by atoms with E-state index in [1.807, 2.05) is 66.1 Å². The minimum atomic E-state index is -0.449. The lowest BCUT2D eigenvalue weighted by atomic mass is 10.2. The van der Waals surface area contributed by atoms with Gasteiger partial charge in [-0.25, -0.2) is 4.39 Å². The number of thioether (sulfide) groups is 1. The Morgan fingerprint density at radius 3 is 2.46 bits per heavy atom. The maximum Gasteiger partial charge on any atom is 0.233 e. The Balaban J connectivity index is 1.47. The van der Waals surface area contributed by atoms with Crippen LogP contribution in [-0.2, 0) is 17.9 Å². The van der Waals surface area contributed by atoms with Gasteiger partial charge in [0.05, 0.1) is 12.4 Å². The van der Waals surface area contributed by atoms with Crippen molar-refractivity contribution in [3.8, 4) is 17.2 Å². The molecule has 0 aliphatic heterocycles. The van der Waals surface area contributed by atoms with Crippen molar-refractivity contribution >= 4 is 17.7 Å². The van der Waals surface area contributed by atoms with E-state index in [1.165, 1.54) is 17.8 Å². The molecule has 0 saturated carbocycles. The third kappa shape index (κ3) is 6.19. The zero-order chi connectivity index (χ0) is 24.6. The van der Waals surface area contributed by atoms with Gasteiger partial charge in [0, 0.05) is 12.2 Å². The van der Waals surface area contributed by atoms with Gasteiger partial charge in [0.25, 0.3) is 0 Å². The van der Waals surface area contributed by atoms with Crippen LogP contribution in [0.2, 0.25) is 0 Å². The number of methoxy groups -OCH3 is 1. The lowest BCUT2D eigenvalue weighted by Crippen LogP contribution is -2.30. The molecule has 0 saturated heterocycles. The van der Waals surface area contributed by atoms with Crippen LogP contribution in [0.5, 0.6) is 11.5 Å². The quantitative estimate of drug-likeness (QED) is 0.321. The number of benzene rings is 3. The molecule has 0 bridgehead atoms. The Bertz CT molecular complexity index is 1270. The Labute approximate surface area is 207 Å². The van der Waals surface area contributed by atoms with Gasteiger partial charge in [0.2, 0.25) is 5.91 Å². The lowest BCUT2D eigenvalue weighted by molar-refractivity contribution is -0.120. The van der Waals surface area contributed by atoms with Crippen LogP contribution >= 0.6 is 11.8 Å². The van der Waals surface area contributed by atoms with Crippen LogP contribution in [0.15, 0.2) is 84.0 Å². The van der Waals surface area contributed by atoms with Crippen LogP contribution in [0.1, 0.15) is 18.3 Å². The first-order valence-corrected chi connectivity index (χ1v) is 11.9. The fourth-order valence-corrected chi connectivity index (χ4v) is 4.21. The molecule has 180 valence electrons. The molecule has 1 unspecified atom stereocenters. The largest absolute Gasteiger partial charge is 0.497 e. The number of carbonyl (C=O) groups excluding carboxylic acids is 1. The van der Waals surface area contributed by atoms with Gasteiger partial charge in [-0.2, -0.15) is 0 Å². The number of carbonyl (C=O) groups is 1. The third-order valence-electron chi connectivity index (χ3n) is 5.19. The van der Waals surface area contributed by atoms with Crippen LogP contribution in [0.25, 0.3) is 5.69 Å². The standard InChI is InChI=1S/C26H25FN4O3S/c1-18(25(32)28-16-19-12-14-21(33-2)15-13-19)35-26-30-29-24(31(26)20-8-4-3-5-9-20)17-34-23-11-7-6-10-22(23)27/h3-15,18H,16-17H2,1-2H3,(H,28,32). The number of hydrogen-bond acceptors (Lipinski definition) is 6. The smallest absolute Gasteiger partial charge is 0.233 e. The first-order chi connectivity index (χ1) is 17.0. The molecule has 1 amide bonds. The van der Waals surface area contributed by atoms with E-state index in [1.54, 1.807) is 25.3 Å². The van der Waals surface area contributed by atoms with Gasteiger partial charge in [-0.15, -0.1) is 10.2 Å². The van der Waals surface area contributed by atoms with Crippen LogP contribution in [0.4, 0.5) is 4.39 Å². The highest BCUT2D eigenvalue weighted by Crippen LogP contribution is 2.27. The number of nitrogens with zero attached hydrogens (tertiary/aromatic N) is 3. The van der Waals surface area contributed by atoms with Crippen molar-refractivity contribution < 1.29 is 18.7 Å². The fourth-order valence-electron chi connectivity index (χ4n) is 3.30. The normalized spacial score (nSPS) is 11.6. The Kier molecular flexibility index (Phi) is 7.99. The third-order valence-corrected chi connectivity index (χ3v) is 6.23. The Morgan fingerprint density at radius 2 is 1.74 bits per heavy atom. The lowest BCUT2D eigenvalue weighted by Gasteiger charge is -2.14. The minimum Gasteiger partial charge on any atom is -0.497 e. The van der Waals surface area contributed by atoms with E-state index in [0.29, 0.717) is 17.5 Å². The molecule has 4 aromatic rings. The van der Waals surface area contributed by atoms with E-state index in [0.717, 1.165) is 17.0 Å². The number of halogens is 1. The monoisotopic (exact) mass is 492 g/mol. The number of hydrogen-bond donors (Lipinski definition) is 1. The van der Waals surface area contributed by atoms with E-state index in [4.69, 9.17) is 9.47 Å². The fraction of sp³-hybridized carbons (Fsp3) is 0.192. The molecule has 1 aromatic heterocycles. The van der Waals surface area contributed by atoms with Gasteiger partial charge >= 0.3 is 0 Å². The van der Waals surface area contributed by atoms with Gasteiger partial charge < -0.3 is 14.8 Å². The van der Waals surface area contributed by atoms with E-state index in [-0.39, 0.29) is 18.3 Å². The van der Waals surface area contributed by atoms with Crippen molar-refractivity contribution in [2.45, 2.75) is 30.5 Å². The average Bonchev–Trinajstić information content (AvgIpc) is 3.29. The summed E-state index contributed by atoms with van der Waals surface area (Å²) in [4.78, 5) is 12.8. The summed E-state index contributed by atoms with van der Waals surface area (Å²) < 4.78 is 26.6. The van der Waals surface area contributed by atoms with Gasteiger partial charge in [0.15, 0.2) is 22.5 Å². The number of rotatable bonds is 10. The molecule has 3 aromatic carbocycles. The molecule has 0 aliphatic carbocycles. The molecule has 7 nitrogen and oxygen atoms in total. The molecule has 1 N–H and O–H groups in total. The highest BCUT2D eigenvalue weighted by atomic mass is 32.2. The van der Waals surface area contributed by atoms with Gasteiger partial charge in [0.1, 0.15) is 12.4 Å². The maximum absolute atomic E-state index is 14.0. The molecule has 1 heterocycles. The zero-order valence-electron chi connectivity index (χ0n) is 19.3. The molecule has 4 rings (SSSR count). The number of amides is 1. The molecular weight excluding hydrogens is 467 g/mol. The van der Waals surface area contributed by atoms with Crippen LogP contribution in [-0.4, -0.2) is 33.0 Å². The summed E-state index contributed by atoms with van der Waals surface area (Å²) in [5.41, 5.74) is 1.79.